The third kappa shape index (κ3) is 5.32. The molecule has 1 atom stereocenters. The minimum absolute atomic E-state index is 0.0755. The Morgan fingerprint density at radius 2 is 1.88 bits per heavy atom. The van der Waals surface area contributed by atoms with Crippen LogP contribution in [0.2, 0.25) is 0 Å². The van der Waals surface area contributed by atoms with E-state index in [2.05, 4.69) is 5.32 Å². The second-order valence-corrected chi connectivity index (χ2v) is 6.64. The highest BCUT2D eigenvalue weighted by Crippen LogP contribution is 2.33. The Bertz CT molecular complexity index is 720. The predicted octanol–water partition coefficient (Wildman–Crippen LogP) is 4.22. The fraction of sp³-hybridized carbons (Fsp3) is 0.316. The van der Waals surface area contributed by atoms with Crippen molar-refractivity contribution in [3.8, 4) is 17.2 Å². The Kier molecular flexibility index (Phi) is 7.01. The summed E-state index contributed by atoms with van der Waals surface area (Å²) >= 11 is 1.46. The smallest absolute Gasteiger partial charge is 0.237 e. The molecule has 25 heavy (non-hydrogen) atoms. The molecule has 1 N–H and O–H groups in total. The first-order chi connectivity index (χ1) is 12.1. The van der Waals surface area contributed by atoms with E-state index >= 15 is 0 Å². The van der Waals surface area contributed by atoms with E-state index in [9.17, 15) is 4.79 Å². The number of nitrogens with one attached hydrogen (secondary N) is 1. The number of carbonyl (C=O) groups excluding carboxylic acids is 1. The van der Waals surface area contributed by atoms with Crippen molar-refractivity contribution >= 4 is 23.4 Å². The highest BCUT2D eigenvalue weighted by atomic mass is 32.2. The average molecular weight is 361 g/mol. The van der Waals surface area contributed by atoms with Gasteiger partial charge in [0.25, 0.3) is 0 Å². The van der Waals surface area contributed by atoms with E-state index in [1.54, 1.807) is 14.2 Å². The molecule has 0 saturated heterocycles. The molecule has 0 spiro atoms. The predicted molar refractivity (Wildman–Crippen MR) is 101 cm³/mol. The molecule has 0 aromatic heterocycles. The number of amides is 1. The number of carbonyl (C=O) groups is 1. The van der Waals surface area contributed by atoms with Gasteiger partial charge >= 0.3 is 0 Å². The summed E-state index contributed by atoms with van der Waals surface area (Å²) in [4.78, 5) is 13.4. The fourth-order valence-electron chi connectivity index (χ4n) is 2.22. The first kappa shape index (κ1) is 19.0. The van der Waals surface area contributed by atoms with E-state index in [4.69, 9.17) is 14.2 Å². The Balaban J connectivity index is 2.01. The van der Waals surface area contributed by atoms with Gasteiger partial charge in [0.05, 0.1) is 26.1 Å². The highest BCUT2D eigenvalue weighted by Gasteiger charge is 2.16. The number of hydrogen-bond acceptors (Lipinski definition) is 5. The summed E-state index contributed by atoms with van der Waals surface area (Å²) in [6.07, 6.45) is 0. The largest absolute Gasteiger partial charge is 0.494 e. The third-order valence-corrected chi connectivity index (χ3v) is 4.54. The van der Waals surface area contributed by atoms with Crippen LogP contribution in [0, 0.1) is 0 Å². The molecule has 0 fully saturated rings. The van der Waals surface area contributed by atoms with Gasteiger partial charge in [-0.2, -0.15) is 0 Å². The maximum absolute atomic E-state index is 12.4. The lowest BCUT2D eigenvalue weighted by molar-refractivity contribution is -0.115. The van der Waals surface area contributed by atoms with Crippen LogP contribution < -0.4 is 19.5 Å². The first-order valence-corrected chi connectivity index (χ1v) is 8.87. The summed E-state index contributed by atoms with van der Waals surface area (Å²) in [5.74, 6) is 1.97. The van der Waals surface area contributed by atoms with Gasteiger partial charge in [-0.3, -0.25) is 4.79 Å². The number of anilines is 1. The zero-order valence-corrected chi connectivity index (χ0v) is 15.7. The van der Waals surface area contributed by atoms with Crippen molar-refractivity contribution in [2.45, 2.75) is 24.0 Å². The third-order valence-electron chi connectivity index (χ3n) is 3.45. The number of benzene rings is 2. The number of hydrogen-bond donors (Lipinski definition) is 1. The zero-order valence-electron chi connectivity index (χ0n) is 14.9. The van der Waals surface area contributed by atoms with Crippen molar-refractivity contribution in [2.75, 3.05) is 26.1 Å². The van der Waals surface area contributed by atoms with Gasteiger partial charge in [0.15, 0.2) is 11.5 Å². The molecule has 0 bridgehead atoms. The molecule has 0 aliphatic carbocycles. The molecule has 2 aromatic carbocycles. The van der Waals surface area contributed by atoms with E-state index in [-0.39, 0.29) is 11.2 Å². The topological polar surface area (TPSA) is 56.8 Å². The Labute approximate surface area is 152 Å². The second-order valence-electron chi connectivity index (χ2n) is 5.23. The van der Waals surface area contributed by atoms with Crippen LogP contribution in [-0.4, -0.2) is 32.0 Å². The summed E-state index contributed by atoms with van der Waals surface area (Å²) in [7, 11) is 3.19. The summed E-state index contributed by atoms with van der Waals surface area (Å²) in [6.45, 7) is 4.37. The quantitative estimate of drug-likeness (QED) is 0.714. The van der Waals surface area contributed by atoms with Crippen LogP contribution in [0.4, 0.5) is 5.69 Å². The van der Waals surface area contributed by atoms with Crippen molar-refractivity contribution in [1.29, 1.82) is 0 Å². The van der Waals surface area contributed by atoms with Gasteiger partial charge in [-0.1, -0.05) is 6.07 Å². The number of ether oxygens (including phenoxy) is 3. The van der Waals surface area contributed by atoms with Crippen LogP contribution in [0.5, 0.6) is 17.2 Å². The van der Waals surface area contributed by atoms with Crippen LogP contribution in [0.15, 0.2) is 47.4 Å². The van der Waals surface area contributed by atoms with Crippen LogP contribution in [0.25, 0.3) is 0 Å². The van der Waals surface area contributed by atoms with Crippen LogP contribution in [-0.2, 0) is 4.79 Å². The summed E-state index contributed by atoms with van der Waals surface area (Å²) < 4.78 is 16.0. The SMILES string of the molecule is CCOc1cccc(NC(=O)[C@@H](C)Sc2ccc(OC)c(OC)c2)c1. The maximum Gasteiger partial charge on any atom is 0.237 e. The Morgan fingerprint density at radius 3 is 2.56 bits per heavy atom. The standard InChI is InChI=1S/C19H23NO4S/c1-5-24-15-8-6-7-14(11-15)20-19(21)13(2)25-16-9-10-17(22-3)18(12-16)23-4/h6-13H,5H2,1-4H3,(H,20,21)/t13-/m1/s1. The molecule has 2 aromatic rings. The molecule has 2 rings (SSSR count). The molecule has 134 valence electrons. The second kappa shape index (κ2) is 9.22. The lowest BCUT2D eigenvalue weighted by atomic mass is 10.3. The zero-order chi connectivity index (χ0) is 18.2. The molecule has 0 radical (unpaired) electrons. The van der Waals surface area contributed by atoms with Gasteiger partial charge in [0.1, 0.15) is 5.75 Å². The summed E-state index contributed by atoms with van der Waals surface area (Å²) in [5.41, 5.74) is 0.718. The highest BCUT2D eigenvalue weighted by molar-refractivity contribution is 8.00. The molecule has 0 heterocycles. The van der Waals surface area contributed by atoms with Crippen molar-refractivity contribution in [3.05, 3.63) is 42.5 Å². The minimum Gasteiger partial charge on any atom is -0.494 e. The minimum atomic E-state index is -0.270. The lowest BCUT2D eigenvalue weighted by Gasteiger charge is -2.14. The van der Waals surface area contributed by atoms with Gasteiger partial charge < -0.3 is 19.5 Å². The monoisotopic (exact) mass is 361 g/mol. The lowest BCUT2D eigenvalue weighted by Crippen LogP contribution is -2.22. The molecule has 0 unspecified atom stereocenters. The Morgan fingerprint density at radius 1 is 1.12 bits per heavy atom. The van der Waals surface area contributed by atoms with Crippen LogP contribution in [0.1, 0.15) is 13.8 Å². The van der Waals surface area contributed by atoms with Crippen molar-refractivity contribution in [2.24, 2.45) is 0 Å². The summed E-state index contributed by atoms with van der Waals surface area (Å²) in [6, 6.07) is 13.0. The number of methoxy groups -OCH3 is 2. The average Bonchev–Trinajstić information content (AvgIpc) is 2.62. The molecule has 6 heteroatoms. The number of thioether (sulfide) groups is 1. The first-order valence-electron chi connectivity index (χ1n) is 7.99. The van der Waals surface area contributed by atoms with Crippen molar-refractivity contribution < 1.29 is 19.0 Å². The van der Waals surface area contributed by atoms with Gasteiger partial charge in [0, 0.05) is 16.6 Å². The normalized spacial score (nSPS) is 11.5. The molecular weight excluding hydrogens is 338 g/mol. The van der Waals surface area contributed by atoms with Crippen LogP contribution in [0.3, 0.4) is 0 Å². The maximum atomic E-state index is 12.4. The van der Waals surface area contributed by atoms with Crippen LogP contribution >= 0.6 is 11.8 Å². The van der Waals surface area contributed by atoms with E-state index in [0.717, 1.165) is 16.3 Å². The van der Waals surface area contributed by atoms with Crippen molar-refractivity contribution in [1.82, 2.24) is 0 Å². The molecular formula is C19H23NO4S. The van der Waals surface area contributed by atoms with Gasteiger partial charge in [-0.25, -0.2) is 0 Å². The van der Waals surface area contributed by atoms with E-state index in [1.807, 2.05) is 56.3 Å². The fourth-order valence-corrected chi connectivity index (χ4v) is 3.12. The van der Waals surface area contributed by atoms with E-state index in [1.165, 1.54) is 11.8 Å². The van der Waals surface area contributed by atoms with E-state index in [0.29, 0.717) is 18.1 Å². The van der Waals surface area contributed by atoms with Gasteiger partial charge in [-0.15, -0.1) is 11.8 Å². The molecule has 1 amide bonds. The molecule has 5 nitrogen and oxygen atoms in total. The molecule has 0 saturated carbocycles. The van der Waals surface area contributed by atoms with Gasteiger partial charge in [0.2, 0.25) is 5.91 Å². The molecule has 0 aliphatic rings. The summed E-state index contributed by atoms with van der Waals surface area (Å²) in [5, 5.41) is 2.65. The Hall–Kier alpha value is -2.34. The number of rotatable bonds is 8. The van der Waals surface area contributed by atoms with Crippen molar-refractivity contribution in [3.63, 3.8) is 0 Å². The van der Waals surface area contributed by atoms with E-state index < -0.39 is 0 Å². The van der Waals surface area contributed by atoms with Gasteiger partial charge in [-0.05, 0) is 44.2 Å². The molecule has 0 aliphatic heterocycles.